The Morgan fingerprint density at radius 3 is 1.22 bits per heavy atom. The lowest BCUT2D eigenvalue weighted by molar-refractivity contribution is 0.0725. The lowest BCUT2D eigenvalue weighted by Gasteiger charge is -2.25. The van der Waals surface area contributed by atoms with Gasteiger partial charge in [0, 0.05) is 40.1 Å². The molecule has 2 aliphatic carbocycles. The topological polar surface area (TPSA) is 118 Å². The van der Waals surface area contributed by atoms with E-state index in [-0.39, 0.29) is 45.3 Å². The van der Waals surface area contributed by atoms with Crippen LogP contribution in [-0.2, 0) is 0 Å². The zero-order valence-electron chi connectivity index (χ0n) is 20.6. The summed E-state index contributed by atoms with van der Waals surface area (Å²) in [6.45, 7) is 0. The summed E-state index contributed by atoms with van der Waals surface area (Å²) in [5, 5.41) is 0. The van der Waals surface area contributed by atoms with E-state index in [2.05, 4.69) is 4.98 Å². The average molecular weight is 501 g/mol. The maximum absolute atomic E-state index is 13.7. The van der Waals surface area contributed by atoms with Gasteiger partial charge in [-0.25, -0.2) is 0 Å². The highest BCUT2D eigenvalue weighted by molar-refractivity contribution is 6.31. The summed E-state index contributed by atoms with van der Waals surface area (Å²) in [6.07, 6.45) is 1.49. The third-order valence-corrected chi connectivity index (χ3v) is 6.99. The molecule has 0 spiro atoms. The molecule has 0 amide bonds. The number of hydrogen-bond acceptors (Lipinski definition) is 9. The van der Waals surface area contributed by atoms with Crippen molar-refractivity contribution in [1.29, 1.82) is 0 Å². The molecule has 0 aliphatic heterocycles. The molecule has 0 fully saturated rings. The largest absolute Gasteiger partial charge is 0.493 e. The predicted octanol–water partition coefficient (Wildman–Crippen LogP) is 3.59. The number of nitrogens with zero attached hydrogens (tertiary/aromatic N) is 1. The van der Waals surface area contributed by atoms with Gasteiger partial charge in [0.05, 0.1) is 40.3 Å². The Labute approximate surface area is 212 Å². The van der Waals surface area contributed by atoms with Crippen LogP contribution in [0.25, 0.3) is 0 Å². The van der Waals surface area contributed by atoms with Crippen LogP contribution in [0, 0.1) is 11.8 Å². The molecule has 9 nitrogen and oxygen atoms in total. The highest BCUT2D eigenvalue weighted by atomic mass is 16.5. The smallest absolute Gasteiger partial charge is 0.175 e. The van der Waals surface area contributed by atoms with Gasteiger partial charge in [-0.1, -0.05) is 6.07 Å². The molecule has 37 heavy (non-hydrogen) atoms. The summed E-state index contributed by atoms with van der Waals surface area (Å²) < 4.78 is 21.2. The molecular weight excluding hydrogens is 478 g/mol. The van der Waals surface area contributed by atoms with Crippen LogP contribution in [0.15, 0.2) is 48.7 Å². The lowest BCUT2D eigenvalue weighted by Crippen LogP contribution is -2.35. The number of Topliss-reactive ketones (excluding diaryl/α,β-unsaturated/α-hetero) is 4. The van der Waals surface area contributed by atoms with E-state index in [1.807, 2.05) is 0 Å². The van der Waals surface area contributed by atoms with Crippen molar-refractivity contribution < 1.29 is 38.1 Å². The van der Waals surface area contributed by atoms with Crippen LogP contribution >= 0.6 is 0 Å². The van der Waals surface area contributed by atoms with Crippen LogP contribution in [0.5, 0.6) is 23.0 Å². The summed E-state index contributed by atoms with van der Waals surface area (Å²) in [6, 6.07) is 10.8. The second-order valence-corrected chi connectivity index (χ2v) is 8.70. The molecule has 0 saturated carbocycles. The molecule has 0 unspecified atom stereocenters. The molecule has 0 N–H and O–H groups in total. The van der Waals surface area contributed by atoms with Crippen LogP contribution < -0.4 is 18.9 Å². The highest BCUT2D eigenvalue weighted by Crippen LogP contribution is 2.48. The number of benzene rings is 2. The Hall–Kier alpha value is -4.53. The van der Waals surface area contributed by atoms with Crippen LogP contribution in [0.3, 0.4) is 0 Å². The van der Waals surface area contributed by atoms with Crippen molar-refractivity contribution >= 4 is 23.1 Å². The second-order valence-electron chi connectivity index (χ2n) is 8.70. The van der Waals surface area contributed by atoms with E-state index in [1.165, 1.54) is 58.9 Å². The molecule has 0 saturated heterocycles. The number of carbonyl (C=O) groups is 4. The molecule has 9 heteroatoms. The van der Waals surface area contributed by atoms with Crippen LogP contribution in [0.2, 0.25) is 0 Å². The Kier molecular flexibility index (Phi) is 5.99. The Morgan fingerprint density at radius 2 is 0.946 bits per heavy atom. The van der Waals surface area contributed by atoms with Gasteiger partial charge in [-0.2, -0.15) is 0 Å². The van der Waals surface area contributed by atoms with Gasteiger partial charge in [0.15, 0.2) is 46.1 Å². The van der Waals surface area contributed by atoms with E-state index in [0.717, 1.165) is 0 Å². The molecule has 0 bridgehead atoms. The van der Waals surface area contributed by atoms with E-state index in [9.17, 15) is 19.2 Å². The summed E-state index contributed by atoms with van der Waals surface area (Å²) in [7, 11) is 5.70. The number of aromatic nitrogens is 1. The van der Waals surface area contributed by atoms with Gasteiger partial charge < -0.3 is 18.9 Å². The van der Waals surface area contributed by atoms with Crippen molar-refractivity contribution in [1.82, 2.24) is 4.98 Å². The van der Waals surface area contributed by atoms with Crippen molar-refractivity contribution in [3.05, 3.63) is 76.6 Å². The number of rotatable bonds is 7. The number of carbonyl (C=O) groups excluding carboxylic acids is 4. The minimum Gasteiger partial charge on any atom is -0.493 e. The number of ether oxygens (including phenoxy) is 4. The molecule has 0 atom stereocenters. The molecule has 2 aromatic carbocycles. The highest BCUT2D eigenvalue weighted by Gasteiger charge is 2.54. The summed E-state index contributed by atoms with van der Waals surface area (Å²) in [4.78, 5) is 59.3. The van der Waals surface area contributed by atoms with Gasteiger partial charge in [0.1, 0.15) is 0 Å². The second kappa shape index (κ2) is 9.16. The Balaban J connectivity index is 1.66. The quantitative estimate of drug-likeness (QED) is 0.448. The zero-order valence-corrected chi connectivity index (χ0v) is 20.6. The fourth-order valence-corrected chi connectivity index (χ4v) is 5.24. The first-order valence-corrected chi connectivity index (χ1v) is 11.5. The van der Waals surface area contributed by atoms with Crippen molar-refractivity contribution in [2.24, 2.45) is 11.8 Å². The van der Waals surface area contributed by atoms with E-state index in [4.69, 9.17) is 18.9 Å². The minimum atomic E-state index is -1.34. The van der Waals surface area contributed by atoms with Crippen LogP contribution in [0.1, 0.15) is 53.0 Å². The van der Waals surface area contributed by atoms with Gasteiger partial charge in [0.2, 0.25) is 0 Å². The third kappa shape index (κ3) is 3.57. The lowest BCUT2D eigenvalue weighted by atomic mass is 9.74. The van der Waals surface area contributed by atoms with E-state index >= 15 is 0 Å². The fourth-order valence-electron chi connectivity index (χ4n) is 5.24. The molecule has 3 aromatic rings. The first-order valence-electron chi connectivity index (χ1n) is 11.5. The van der Waals surface area contributed by atoms with E-state index in [0.29, 0.717) is 5.69 Å². The molecule has 1 aromatic heterocycles. The average Bonchev–Trinajstić information content (AvgIpc) is 3.31. The molecule has 0 radical (unpaired) electrons. The van der Waals surface area contributed by atoms with Crippen molar-refractivity contribution in [3.63, 3.8) is 0 Å². The zero-order chi connectivity index (χ0) is 26.4. The number of pyridine rings is 1. The van der Waals surface area contributed by atoms with Gasteiger partial charge in [0.25, 0.3) is 0 Å². The van der Waals surface area contributed by atoms with Crippen LogP contribution in [-0.4, -0.2) is 56.6 Å². The monoisotopic (exact) mass is 501 g/mol. The predicted molar refractivity (Wildman–Crippen MR) is 130 cm³/mol. The van der Waals surface area contributed by atoms with Gasteiger partial charge in [-0.15, -0.1) is 0 Å². The standard InChI is InChI=1S/C28H23NO8/c1-34-18-9-13-14(10-19(18)35-2)26(31)23(25(13)30)22(17-7-5-6-8-29-17)24-27(32)15-11-20(36-3)21(37-4)12-16(15)28(24)33/h5-12,22-24H,1-4H3. The molecule has 2 aliphatic rings. The molecule has 1 heterocycles. The van der Waals surface area contributed by atoms with E-state index < -0.39 is 40.9 Å². The number of ketones is 4. The summed E-state index contributed by atoms with van der Waals surface area (Å²) in [5.74, 6) is -4.69. The third-order valence-electron chi connectivity index (χ3n) is 6.99. The number of fused-ring (bicyclic) bond motifs is 2. The van der Waals surface area contributed by atoms with Gasteiger partial charge >= 0.3 is 0 Å². The summed E-state index contributed by atoms with van der Waals surface area (Å²) in [5.41, 5.74) is 0.874. The maximum atomic E-state index is 13.7. The number of methoxy groups -OCH3 is 4. The first-order chi connectivity index (χ1) is 17.9. The van der Waals surface area contributed by atoms with Crippen molar-refractivity contribution in [3.8, 4) is 23.0 Å². The van der Waals surface area contributed by atoms with Crippen molar-refractivity contribution in [2.75, 3.05) is 28.4 Å². The Morgan fingerprint density at radius 1 is 0.595 bits per heavy atom. The van der Waals surface area contributed by atoms with Crippen LogP contribution in [0.4, 0.5) is 0 Å². The molecule has 188 valence electrons. The Bertz CT molecular complexity index is 1290. The van der Waals surface area contributed by atoms with Crippen molar-refractivity contribution in [2.45, 2.75) is 5.92 Å². The van der Waals surface area contributed by atoms with Gasteiger partial charge in [-0.05, 0) is 36.4 Å². The number of hydrogen-bond donors (Lipinski definition) is 0. The van der Waals surface area contributed by atoms with E-state index in [1.54, 1.807) is 18.2 Å². The normalized spacial score (nSPS) is 15.3. The first kappa shape index (κ1) is 24.2. The molecular formula is C28H23NO8. The summed E-state index contributed by atoms with van der Waals surface area (Å²) >= 11 is 0. The molecule has 5 rings (SSSR count). The maximum Gasteiger partial charge on any atom is 0.175 e. The minimum absolute atomic E-state index is 0.146. The SMILES string of the molecule is COc1cc2c(cc1OC)C(=O)C(C(c1ccccn1)C1C(=O)c3cc(OC)c(OC)cc3C1=O)C2=O. The van der Waals surface area contributed by atoms with Gasteiger partial charge in [-0.3, -0.25) is 24.2 Å². The fraction of sp³-hybridized carbons (Fsp3) is 0.250.